The van der Waals surface area contributed by atoms with Crippen molar-refractivity contribution in [1.29, 1.82) is 0 Å². The average Bonchev–Trinajstić information content (AvgIpc) is 2.48. The summed E-state index contributed by atoms with van der Waals surface area (Å²) >= 11 is 5.96. The molecule has 0 saturated heterocycles. The van der Waals surface area contributed by atoms with E-state index in [-0.39, 0.29) is 16.5 Å². The van der Waals surface area contributed by atoms with Crippen LogP contribution in [0.5, 0.6) is 11.5 Å². The molecular formula is C16H14ClN3O3. The van der Waals surface area contributed by atoms with Crippen molar-refractivity contribution in [1.82, 2.24) is 4.90 Å². The summed E-state index contributed by atoms with van der Waals surface area (Å²) in [6, 6.07) is 10.1. The number of benzene rings is 2. The molecule has 6 nitrogen and oxygen atoms in total. The molecule has 2 rings (SSSR count). The van der Waals surface area contributed by atoms with Crippen molar-refractivity contribution in [2.24, 2.45) is 0 Å². The van der Waals surface area contributed by atoms with Gasteiger partial charge in [-0.3, -0.25) is 10.1 Å². The molecule has 0 unspecified atom stereocenters. The molecule has 2 aromatic rings. The zero-order valence-corrected chi connectivity index (χ0v) is 13.4. The largest absolute Gasteiger partial charge is 0.450 e. The van der Waals surface area contributed by atoms with E-state index in [1.54, 1.807) is 12.1 Å². The van der Waals surface area contributed by atoms with E-state index in [0.29, 0.717) is 12.3 Å². The summed E-state index contributed by atoms with van der Waals surface area (Å²) in [5, 5.41) is 11.1. The Morgan fingerprint density at radius 3 is 2.57 bits per heavy atom. The zero-order chi connectivity index (χ0) is 17.0. The molecule has 0 saturated carbocycles. The third-order valence-electron chi connectivity index (χ3n) is 3.04. The van der Waals surface area contributed by atoms with Gasteiger partial charge in [-0.1, -0.05) is 35.9 Å². The Bertz CT molecular complexity index is 785. The smallest absolute Gasteiger partial charge is 0.319 e. The second-order valence-corrected chi connectivity index (χ2v) is 5.44. The minimum Gasteiger partial charge on any atom is -0.450 e. The highest BCUT2D eigenvalue weighted by Gasteiger charge is 2.24. The number of nitrogens with zero attached hydrogens (tertiary/aromatic N) is 3. The van der Waals surface area contributed by atoms with Gasteiger partial charge in [-0.15, -0.1) is 0 Å². The minimum atomic E-state index is -0.638. The van der Waals surface area contributed by atoms with Gasteiger partial charge < -0.3 is 9.64 Å². The fourth-order valence-electron chi connectivity index (χ4n) is 2.07. The number of nitro benzene ring substituents is 1. The number of hydrogen-bond donors (Lipinski definition) is 0. The number of para-hydroxylation sites is 1. The molecule has 0 fully saturated rings. The Morgan fingerprint density at radius 2 is 1.96 bits per heavy atom. The number of hydrogen-bond acceptors (Lipinski definition) is 4. The fraction of sp³-hybridized carbons (Fsp3) is 0.188. The predicted molar refractivity (Wildman–Crippen MR) is 88.3 cm³/mol. The molecule has 2 aromatic carbocycles. The van der Waals surface area contributed by atoms with Crippen molar-refractivity contribution >= 4 is 23.0 Å². The van der Waals surface area contributed by atoms with Gasteiger partial charge in [0.2, 0.25) is 11.4 Å². The molecule has 0 atom stereocenters. The van der Waals surface area contributed by atoms with Gasteiger partial charge in [-0.05, 0) is 26.2 Å². The Hall–Kier alpha value is -2.62. The van der Waals surface area contributed by atoms with E-state index in [0.717, 1.165) is 5.56 Å². The molecule has 118 valence electrons. The molecule has 23 heavy (non-hydrogen) atoms. The van der Waals surface area contributed by atoms with Crippen LogP contribution >= 0.6 is 11.6 Å². The maximum absolute atomic E-state index is 11.3. The second-order valence-electron chi connectivity index (χ2n) is 5.06. The first-order valence-corrected chi connectivity index (χ1v) is 7.06. The quantitative estimate of drug-likeness (QED) is 0.454. The van der Waals surface area contributed by atoms with Gasteiger partial charge in [0.05, 0.1) is 11.5 Å². The lowest BCUT2D eigenvalue weighted by molar-refractivity contribution is -0.385. The molecule has 0 spiro atoms. The standard InChI is InChI=1S/C16H14ClN3O3/c1-18-12-8-9-14(16(15(12)17)20(21)22)23-13-7-5-4-6-11(13)10-19(2)3/h4-9H,10H2,2-3H3. The van der Waals surface area contributed by atoms with Crippen LogP contribution in [0.1, 0.15) is 5.56 Å². The van der Waals surface area contributed by atoms with Crippen molar-refractivity contribution < 1.29 is 9.66 Å². The van der Waals surface area contributed by atoms with Crippen LogP contribution in [-0.2, 0) is 6.54 Å². The van der Waals surface area contributed by atoms with E-state index < -0.39 is 10.6 Å². The first kappa shape index (κ1) is 16.7. The summed E-state index contributed by atoms with van der Waals surface area (Å²) < 4.78 is 5.73. The maximum Gasteiger partial charge on any atom is 0.319 e. The molecular weight excluding hydrogens is 318 g/mol. The number of halogens is 1. The van der Waals surface area contributed by atoms with Crippen LogP contribution in [0.15, 0.2) is 36.4 Å². The van der Waals surface area contributed by atoms with E-state index in [1.807, 2.05) is 31.1 Å². The molecule has 0 radical (unpaired) electrons. The van der Waals surface area contributed by atoms with Gasteiger partial charge >= 0.3 is 5.69 Å². The number of nitro groups is 1. The van der Waals surface area contributed by atoms with Crippen LogP contribution < -0.4 is 4.74 Å². The molecule has 7 heteroatoms. The molecule has 0 aliphatic rings. The van der Waals surface area contributed by atoms with Crippen molar-refractivity contribution in [2.75, 3.05) is 14.1 Å². The van der Waals surface area contributed by atoms with Crippen LogP contribution in [-0.4, -0.2) is 23.9 Å². The topological polar surface area (TPSA) is 60.0 Å². The maximum atomic E-state index is 11.3. The fourth-order valence-corrected chi connectivity index (χ4v) is 2.34. The second kappa shape index (κ2) is 7.09. The highest BCUT2D eigenvalue weighted by Crippen LogP contribution is 2.43. The van der Waals surface area contributed by atoms with Crippen LogP contribution in [0.4, 0.5) is 11.4 Å². The molecule has 0 bridgehead atoms. The monoisotopic (exact) mass is 331 g/mol. The normalized spacial score (nSPS) is 10.4. The van der Waals surface area contributed by atoms with Gasteiger partial charge in [0.1, 0.15) is 10.8 Å². The van der Waals surface area contributed by atoms with Crippen molar-refractivity contribution in [3.05, 3.63) is 68.5 Å². The van der Waals surface area contributed by atoms with Crippen molar-refractivity contribution in [3.63, 3.8) is 0 Å². The molecule has 0 amide bonds. The summed E-state index contributed by atoms with van der Waals surface area (Å²) in [4.78, 5) is 15.8. The molecule has 0 aliphatic heterocycles. The first-order valence-electron chi connectivity index (χ1n) is 6.69. The summed E-state index contributed by atoms with van der Waals surface area (Å²) in [6.45, 7) is 7.62. The first-order chi connectivity index (χ1) is 10.9. The molecule has 0 heterocycles. The molecule has 0 N–H and O–H groups in total. The van der Waals surface area contributed by atoms with Crippen LogP contribution in [0.3, 0.4) is 0 Å². The van der Waals surface area contributed by atoms with E-state index in [1.165, 1.54) is 12.1 Å². The minimum absolute atomic E-state index is 0.0126. The summed E-state index contributed by atoms with van der Waals surface area (Å²) in [7, 11) is 3.83. The zero-order valence-electron chi connectivity index (χ0n) is 12.6. The van der Waals surface area contributed by atoms with Crippen LogP contribution in [0.2, 0.25) is 5.02 Å². The Labute approximate surface area is 138 Å². The van der Waals surface area contributed by atoms with Gasteiger partial charge in [0, 0.05) is 12.1 Å². The Kier molecular flexibility index (Phi) is 5.16. The van der Waals surface area contributed by atoms with Gasteiger partial charge in [-0.2, -0.15) is 0 Å². The highest BCUT2D eigenvalue weighted by molar-refractivity contribution is 6.35. The van der Waals surface area contributed by atoms with E-state index >= 15 is 0 Å². The van der Waals surface area contributed by atoms with E-state index in [4.69, 9.17) is 22.9 Å². The summed E-state index contributed by atoms with van der Waals surface area (Å²) in [6.07, 6.45) is 0. The van der Waals surface area contributed by atoms with Gasteiger partial charge in [0.25, 0.3) is 0 Å². The van der Waals surface area contributed by atoms with Crippen LogP contribution in [0, 0.1) is 16.7 Å². The third kappa shape index (κ3) is 3.77. The predicted octanol–water partition coefficient (Wildman–Crippen LogP) is 4.65. The average molecular weight is 332 g/mol. The lowest BCUT2D eigenvalue weighted by Gasteiger charge is -2.15. The highest BCUT2D eigenvalue weighted by atomic mass is 35.5. The Morgan fingerprint density at radius 1 is 1.26 bits per heavy atom. The summed E-state index contributed by atoms with van der Waals surface area (Å²) in [5.41, 5.74) is 0.504. The third-order valence-corrected chi connectivity index (χ3v) is 3.41. The van der Waals surface area contributed by atoms with Crippen molar-refractivity contribution in [3.8, 4) is 11.5 Å². The van der Waals surface area contributed by atoms with E-state index in [2.05, 4.69) is 4.85 Å². The Balaban J connectivity index is 2.48. The van der Waals surface area contributed by atoms with Gasteiger partial charge in [-0.25, -0.2) is 4.85 Å². The van der Waals surface area contributed by atoms with Gasteiger partial charge in [0.15, 0.2) is 0 Å². The van der Waals surface area contributed by atoms with Crippen LogP contribution in [0.25, 0.3) is 4.85 Å². The molecule has 0 aliphatic carbocycles. The SMILES string of the molecule is [C-]#[N+]c1ccc(Oc2ccccc2CN(C)C)c([N+](=O)[O-])c1Cl. The number of rotatable bonds is 5. The lowest BCUT2D eigenvalue weighted by atomic mass is 10.2. The molecule has 0 aromatic heterocycles. The lowest BCUT2D eigenvalue weighted by Crippen LogP contribution is -2.11. The van der Waals surface area contributed by atoms with Crippen molar-refractivity contribution in [2.45, 2.75) is 6.54 Å². The number of ether oxygens (including phenoxy) is 1. The van der Waals surface area contributed by atoms with E-state index in [9.17, 15) is 10.1 Å². The summed E-state index contributed by atoms with van der Waals surface area (Å²) in [5.74, 6) is 0.523.